The molecule has 0 radical (unpaired) electrons. The van der Waals surface area contributed by atoms with Crippen LogP contribution in [0.3, 0.4) is 0 Å². The Kier molecular flexibility index (Phi) is 3.53. The summed E-state index contributed by atoms with van der Waals surface area (Å²) in [5.41, 5.74) is 2.08. The molecule has 23 heavy (non-hydrogen) atoms. The molecule has 1 fully saturated rings. The van der Waals surface area contributed by atoms with Crippen molar-refractivity contribution in [2.75, 3.05) is 0 Å². The predicted octanol–water partition coefficient (Wildman–Crippen LogP) is 3.27. The molecule has 2 aromatic rings. The third-order valence-corrected chi connectivity index (χ3v) is 4.48. The molecule has 1 unspecified atom stereocenters. The first-order valence-corrected chi connectivity index (χ1v) is 8.34. The first kappa shape index (κ1) is 14.6. The second kappa shape index (κ2) is 5.57. The van der Waals surface area contributed by atoms with Crippen LogP contribution in [0, 0.1) is 0 Å². The zero-order valence-electron chi connectivity index (χ0n) is 12.9. The van der Waals surface area contributed by atoms with Crippen LogP contribution >= 0.6 is 11.6 Å². The van der Waals surface area contributed by atoms with Gasteiger partial charge >= 0.3 is 0 Å². The van der Waals surface area contributed by atoms with Crippen LogP contribution < -0.4 is 10.1 Å². The lowest BCUT2D eigenvalue weighted by molar-refractivity contribution is 0.0945. The quantitative estimate of drug-likeness (QED) is 0.939. The van der Waals surface area contributed by atoms with Crippen LogP contribution in [0.4, 0.5) is 0 Å². The Hall–Kier alpha value is -2.01. The Balaban J connectivity index is 1.80. The second-order valence-electron chi connectivity index (χ2n) is 6.22. The summed E-state index contributed by atoms with van der Waals surface area (Å²) in [6, 6.07) is 7.72. The topological polar surface area (TPSA) is 56.2 Å². The van der Waals surface area contributed by atoms with E-state index in [-0.39, 0.29) is 12.0 Å². The molecule has 2 heterocycles. The van der Waals surface area contributed by atoms with Crippen LogP contribution in [0.2, 0.25) is 5.02 Å². The monoisotopic (exact) mass is 331 g/mol. The fourth-order valence-electron chi connectivity index (χ4n) is 2.79. The van der Waals surface area contributed by atoms with Crippen molar-refractivity contribution < 1.29 is 9.53 Å². The van der Waals surface area contributed by atoms with Crippen molar-refractivity contribution in [2.24, 2.45) is 0 Å². The molecule has 0 spiro atoms. The number of nitrogens with zero attached hydrogens (tertiary/aromatic N) is 2. The van der Waals surface area contributed by atoms with Gasteiger partial charge in [0.05, 0.1) is 11.7 Å². The number of aryl methyl sites for hydroxylation is 1. The van der Waals surface area contributed by atoms with Gasteiger partial charge in [0.2, 0.25) is 5.88 Å². The number of carbonyl (C=O) groups is 1. The van der Waals surface area contributed by atoms with Gasteiger partial charge in [-0.1, -0.05) is 23.7 Å². The number of benzene rings is 1. The fraction of sp³-hybridized carbons (Fsp3) is 0.412. The minimum Gasteiger partial charge on any atom is -0.474 e. The highest BCUT2D eigenvalue weighted by atomic mass is 35.5. The summed E-state index contributed by atoms with van der Waals surface area (Å²) in [5, 5.41) is 8.19. The van der Waals surface area contributed by atoms with E-state index in [9.17, 15) is 4.79 Å². The van der Waals surface area contributed by atoms with E-state index in [1.165, 1.54) is 0 Å². The summed E-state index contributed by atoms with van der Waals surface area (Å²) in [6.45, 7) is 2.79. The van der Waals surface area contributed by atoms with Crippen molar-refractivity contribution in [3.05, 3.63) is 35.0 Å². The van der Waals surface area contributed by atoms with Crippen LogP contribution in [0.1, 0.15) is 36.7 Å². The third kappa shape index (κ3) is 2.81. The highest BCUT2D eigenvalue weighted by Crippen LogP contribution is 2.37. The molecule has 2 aliphatic rings. The van der Waals surface area contributed by atoms with Gasteiger partial charge in [-0.05, 0) is 37.5 Å². The van der Waals surface area contributed by atoms with Crippen LogP contribution in [0.25, 0.3) is 11.1 Å². The fourth-order valence-corrected chi connectivity index (χ4v) is 2.91. The minimum atomic E-state index is -0.129. The highest BCUT2D eigenvalue weighted by Gasteiger charge is 2.31. The average molecular weight is 332 g/mol. The number of aromatic nitrogens is 2. The van der Waals surface area contributed by atoms with Crippen molar-refractivity contribution in [2.45, 2.75) is 44.9 Å². The summed E-state index contributed by atoms with van der Waals surface area (Å²) in [5.74, 6) is 0.544. The summed E-state index contributed by atoms with van der Waals surface area (Å²) in [4.78, 5) is 12.6. The molecule has 4 rings (SSSR count). The lowest BCUT2D eigenvalue weighted by Crippen LogP contribution is -2.26. The molecule has 1 amide bonds. The molecule has 120 valence electrons. The molecule has 5 nitrogen and oxygen atoms in total. The maximum absolute atomic E-state index is 12.6. The number of fused-ring (bicyclic) bond motifs is 1. The molecule has 6 heteroatoms. The van der Waals surface area contributed by atoms with Crippen LogP contribution in [0.15, 0.2) is 24.3 Å². The summed E-state index contributed by atoms with van der Waals surface area (Å²) in [7, 11) is 0. The number of hydrogen-bond acceptors (Lipinski definition) is 3. The minimum absolute atomic E-state index is 0.115. The van der Waals surface area contributed by atoms with Crippen molar-refractivity contribution >= 4 is 17.5 Å². The predicted molar refractivity (Wildman–Crippen MR) is 87.9 cm³/mol. The van der Waals surface area contributed by atoms with E-state index < -0.39 is 0 Å². The van der Waals surface area contributed by atoms with Crippen molar-refractivity contribution in [1.82, 2.24) is 15.1 Å². The normalized spacial score (nSPS) is 19.8. The van der Waals surface area contributed by atoms with Gasteiger partial charge in [0.15, 0.2) is 5.69 Å². The highest BCUT2D eigenvalue weighted by molar-refractivity contribution is 6.30. The van der Waals surface area contributed by atoms with Crippen molar-refractivity contribution in [1.29, 1.82) is 0 Å². The van der Waals surface area contributed by atoms with Gasteiger partial charge < -0.3 is 10.1 Å². The molecule has 1 aromatic heterocycles. The zero-order valence-corrected chi connectivity index (χ0v) is 13.6. The number of carbonyl (C=O) groups excluding carboxylic acids is 1. The summed E-state index contributed by atoms with van der Waals surface area (Å²) >= 11 is 5.99. The van der Waals surface area contributed by atoms with Gasteiger partial charge in [0, 0.05) is 24.0 Å². The van der Waals surface area contributed by atoms with Gasteiger partial charge in [-0.2, -0.15) is 5.10 Å². The van der Waals surface area contributed by atoms with Crippen LogP contribution in [-0.4, -0.2) is 27.8 Å². The Morgan fingerprint density at radius 3 is 2.74 bits per heavy atom. The van der Waals surface area contributed by atoms with E-state index in [0.29, 0.717) is 22.6 Å². The lowest BCUT2D eigenvalue weighted by atomic mass is 10.0. The van der Waals surface area contributed by atoms with E-state index in [2.05, 4.69) is 10.4 Å². The Morgan fingerprint density at radius 1 is 1.30 bits per heavy atom. The number of rotatable bonds is 3. The van der Waals surface area contributed by atoms with Crippen LogP contribution in [-0.2, 0) is 6.54 Å². The van der Waals surface area contributed by atoms with Gasteiger partial charge in [-0.25, -0.2) is 4.68 Å². The molecular weight excluding hydrogens is 314 g/mol. The number of amides is 1. The lowest BCUT2D eigenvalue weighted by Gasteiger charge is -2.22. The molecule has 1 aliphatic heterocycles. The number of halogens is 1. The molecule has 1 atom stereocenters. The van der Waals surface area contributed by atoms with Gasteiger partial charge in [0.25, 0.3) is 5.91 Å². The average Bonchev–Trinajstić information content (AvgIpc) is 3.26. The van der Waals surface area contributed by atoms with E-state index in [1.807, 2.05) is 31.2 Å². The largest absolute Gasteiger partial charge is 0.474 e. The van der Waals surface area contributed by atoms with E-state index in [1.54, 1.807) is 4.68 Å². The maximum atomic E-state index is 12.6. The van der Waals surface area contributed by atoms with Gasteiger partial charge in [-0.3, -0.25) is 4.79 Å². The summed E-state index contributed by atoms with van der Waals surface area (Å²) < 4.78 is 7.78. The summed E-state index contributed by atoms with van der Waals surface area (Å²) in [6.07, 6.45) is 3.09. The van der Waals surface area contributed by atoms with Crippen LogP contribution in [0.5, 0.6) is 5.88 Å². The molecule has 1 N–H and O–H groups in total. The Labute approximate surface area is 139 Å². The van der Waals surface area contributed by atoms with E-state index in [0.717, 1.165) is 36.9 Å². The van der Waals surface area contributed by atoms with Gasteiger partial charge in [-0.15, -0.1) is 0 Å². The standard InChI is InChI=1S/C17H18ClN3O2/c1-10-8-9-21-17(23-10)14(11-2-4-12(18)5-3-11)15(20-21)16(22)19-13-6-7-13/h2-5,10,13H,6-9H2,1H3,(H,19,22). The van der Waals surface area contributed by atoms with Gasteiger partial charge in [0.1, 0.15) is 0 Å². The first-order chi connectivity index (χ1) is 11.1. The maximum Gasteiger partial charge on any atom is 0.272 e. The number of nitrogens with one attached hydrogen (secondary N) is 1. The first-order valence-electron chi connectivity index (χ1n) is 7.96. The molecule has 1 saturated carbocycles. The van der Waals surface area contributed by atoms with Crippen molar-refractivity contribution in [3.8, 4) is 17.0 Å². The number of hydrogen-bond donors (Lipinski definition) is 1. The molecule has 0 saturated heterocycles. The Morgan fingerprint density at radius 2 is 2.04 bits per heavy atom. The van der Waals surface area contributed by atoms with Crippen molar-refractivity contribution in [3.63, 3.8) is 0 Å². The zero-order chi connectivity index (χ0) is 16.0. The second-order valence-corrected chi connectivity index (χ2v) is 6.66. The van der Waals surface area contributed by atoms with E-state index in [4.69, 9.17) is 16.3 Å². The molecule has 1 aromatic carbocycles. The number of ether oxygens (including phenoxy) is 1. The third-order valence-electron chi connectivity index (χ3n) is 4.23. The van der Waals surface area contributed by atoms with E-state index >= 15 is 0 Å². The molecule has 1 aliphatic carbocycles. The SMILES string of the molecule is CC1CCn2nc(C(=O)NC3CC3)c(-c3ccc(Cl)cc3)c2O1. The molecule has 0 bridgehead atoms. The smallest absolute Gasteiger partial charge is 0.272 e. The molecular formula is C17H18ClN3O2. The Bertz CT molecular complexity index is 750.